The molecule has 31 heavy (non-hydrogen) atoms. The maximum Gasteiger partial charge on any atom is 0.315 e. The molecule has 0 aliphatic rings. The predicted molar refractivity (Wildman–Crippen MR) is 122 cm³/mol. The fourth-order valence-corrected chi connectivity index (χ4v) is 3.16. The van der Waals surface area contributed by atoms with Gasteiger partial charge in [-0.3, -0.25) is 4.79 Å². The summed E-state index contributed by atoms with van der Waals surface area (Å²) in [5, 5.41) is 8.36. The molecule has 0 spiro atoms. The Balaban J connectivity index is 1.46. The Morgan fingerprint density at radius 2 is 1.52 bits per heavy atom. The molecule has 3 N–H and O–H groups in total. The highest BCUT2D eigenvalue weighted by atomic mass is 16.5. The smallest absolute Gasteiger partial charge is 0.315 e. The van der Waals surface area contributed by atoms with Gasteiger partial charge in [0, 0.05) is 37.2 Å². The molecule has 0 saturated carbocycles. The number of nitrogens with one attached hydrogen (secondary N) is 3. The molecule has 0 aromatic heterocycles. The van der Waals surface area contributed by atoms with Crippen LogP contribution in [0, 0.1) is 0 Å². The molecule has 0 heterocycles. The number of amides is 3. The van der Waals surface area contributed by atoms with Crippen LogP contribution in [0.4, 0.5) is 10.5 Å². The van der Waals surface area contributed by atoms with E-state index in [4.69, 9.17) is 4.74 Å². The zero-order valence-corrected chi connectivity index (χ0v) is 17.6. The molecule has 6 heteroatoms. The van der Waals surface area contributed by atoms with Gasteiger partial charge < -0.3 is 20.7 Å². The summed E-state index contributed by atoms with van der Waals surface area (Å²) in [5.74, 6) is 0.609. The Labute approximate surface area is 182 Å². The summed E-state index contributed by atoms with van der Waals surface area (Å²) in [6.45, 7) is 0.689. The summed E-state index contributed by atoms with van der Waals surface area (Å²) in [6.07, 6.45) is 0.885. The Hall–Kier alpha value is -3.80. The van der Waals surface area contributed by atoms with Crippen LogP contribution in [0.25, 0.3) is 0 Å². The molecule has 0 radical (unpaired) electrons. The van der Waals surface area contributed by atoms with E-state index in [9.17, 15) is 9.59 Å². The van der Waals surface area contributed by atoms with Crippen LogP contribution in [0.15, 0.2) is 78.9 Å². The number of benzene rings is 3. The van der Waals surface area contributed by atoms with E-state index < -0.39 is 0 Å². The van der Waals surface area contributed by atoms with Gasteiger partial charge >= 0.3 is 6.03 Å². The van der Waals surface area contributed by atoms with Crippen molar-refractivity contribution in [3.05, 3.63) is 95.6 Å². The number of ether oxygens (including phenoxy) is 1. The number of carbonyl (C=O) groups excluding carboxylic acids is 2. The number of hydrogen-bond acceptors (Lipinski definition) is 3. The lowest BCUT2D eigenvalue weighted by atomic mass is 10.0. The molecule has 0 saturated heterocycles. The van der Waals surface area contributed by atoms with Crippen LogP contribution in [0.1, 0.15) is 23.1 Å². The molecule has 3 amide bonds. The average molecular weight is 418 g/mol. The van der Waals surface area contributed by atoms with Crippen molar-refractivity contribution in [3.8, 4) is 5.75 Å². The molecule has 0 fully saturated rings. The quantitative estimate of drug-likeness (QED) is 0.490. The van der Waals surface area contributed by atoms with Crippen molar-refractivity contribution in [1.82, 2.24) is 10.6 Å². The van der Waals surface area contributed by atoms with Crippen molar-refractivity contribution >= 4 is 17.6 Å². The van der Waals surface area contributed by atoms with E-state index in [0.29, 0.717) is 18.7 Å². The zero-order valence-electron chi connectivity index (χ0n) is 17.6. The first kappa shape index (κ1) is 21.9. The monoisotopic (exact) mass is 417 g/mol. The molecule has 0 aliphatic carbocycles. The Morgan fingerprint density at radius 3 is 2.19 bits per heavy atom. The first-order valence-electron chi connectivity index (χ1n) is 10.2. The standard InChI is InChI=1S/C25H27N3O3/c1-31-23-13-12-22(17-21(23)16-19-8-4-2-5-9-19)28-24(29)14-15-26-25(30)27-18-20-10-6-3-7-11-20/h2-13,17H,14-16,18H2,1H3,(H,28,29)(H2,26,27,30). The van der Waals surface area contributed by atoms with Crippen LogP contribution < -0.4 is 20.7 Å². The van der Waals surface area contributed by atoms with Crippen LogP contribution in [0.5, 0.6) is 5.75 Å². The molecule has 0 aliphatic heterocycles. The van der Waals surface area contributed by atoms with Gasteiger partial charge in [-0.05, 0) is 29.3 Å². The van der Waals surface area contributed by atoms with Crippen LogP contribution in [-0.4, -0.2) is 25.6 Å². The minimum Gasteiger partial charge on any atom is -0.496 e. The maximum absolute atomic E-state index is 12.3. The first-order chi connectivity index (χ1) is 15.1. The third-order valence-electron chi connectivity index (χ3n) is 4.74. The van der Waals surface area contributed by atoms with Crippen LogP contribution >= 0.6 is 0 Å². The van der Waals surface area contributed by atoms with E-state index in [1.165, 1.54) is 0 Å². The molecular formula is C25H27N3O3. The molecule has 3 aromatic rings. The highest BCUT2D eigenvalue weighted by Crippen LogP contribution is 2.25. The van der Waals surface area contributed by atoms with Gasteiger partial charge in [-0.15, -0.1) is 0 Å². The molecule has 0 bridgehead atoms. The first-order valence-corrected chi connectivity index (χ1v) is 10.2. The molecule has 160 valence electrons. The van der Waals surface area contributed by atoms with Gasteiger partial charge in [0.25, 0.3) is 0 Å². The van der Waals surface area contributed by atoms with Crippen molar-refractivity contribution in [2.24, 2.45) is 0 Å². The number of rotatable bonds is 9. The topological polar surface area (TPSA) is 79.5 Å². The summed E-state index contributed by atoms with van der Waals surface area (Å²) in [5.41, 5.74) is 3.87. The van der Waals surface area contributed by atoms with Crippen molar-refractivity contribution in [1.29, 1.82) is 0 Å². The number of hydrogen-bond donors (Lipinski definition) is 3. The van der Waals surface area contributed by atoms with Crippen molar-refractivity contribution in [2.45, 2.75) is 19.4 Å². The van der Waals surface area contributed by atoms with Crippen LogP contribution in [0.3, 0.4) is 0 Å². The van der Waals surface area contributed by atoms with E-state index in [-0.39, 0.29) is 24.9 Å². The molecule has 3 aromatic carbocycles. The molecular weight excluding hydrogens is 390 g/mol. The predicted octanol–water partition coefficient (Wildman–Crippen LogP) is 4.11. The molecule has 6 nitrogen and oxygen atoms in total. The number of methoxy groups -OCH3 is 1. The Kier molecular flexibility index (Phi) is 8.05. The van der Waals surface area contributed by atoms with Crippen LogP contribution in [-0.2, 0) is 17.8 Å². The third-order valence-corrected chi connectivity index (χ3v) is 4.74. The summed E-state index contributed by atoms with van der Waals surface area (Å²) in [7, 11) is 1.64. The van der Waals surface area contributed by atoms with Gasteiger partial charge in [-0.1, -0.05) is 60.7 Å². The normalized spacial score (nSPS) is 10.2. The highest BCUT2D eigenvalue weighted by molar-refractivity contribution is 5.91. The fourth-order valence-electron chi connectivity index (χ4n) is 3.16. The Bertz CT molecular complexity index is 991. The van der Waals surface area contributed by atoms with E-state index in [2.05, 4.69) is 28.1 Å². The van der Waals surface area contributed by atoms with E-state index >= 15 is 0 Å². The lowest BCUT2D eigenvalue weighted by Gasteiger charge is -2.12. The third kappa shape index (κ3) is 7.19. The van der Waals surface area contributed by atoms with Gasteiger partial charge in [-0.25, -0.2) is 4.79 Å². The Morgan fingerprint density at radius 1 is 0.839 bits per heavy atom. The second-order valence-electron chi connectivity index (χ2n) is 7.08. The van der Waals surface area contributed by atoms with Gasteiger partial charge in [0.05, 0.1) is 7.11 Å². The van der Waals surface area contributed by atoms with Crippen LogP contribution in [0.2, 0.25) is 0 Å². The van der Waals surface area contributed by atoms with Crippen molar-refractivity contribution in [3.63, 3.8) is 0 Å². The SMILES string of the molecule is COc1ccc(NC(=O)CCNC(=O)NCc2ccccc2)cc1Cc1ccccc1. The fraction of sp³-hybridized carbons (Fsp3) is 0.200. The van der Waals surface area contributed by atoms with Gasteiger partial charge in [0.2, 0.25) is 5.91 Å². The van der Waals surface area contributed by atoms with Gasteiger partial charge in [0.1, 0.15) is 5.75 Å². The minimum absolute atomic E-state index is 0.167. The van der Waals surface area contributed by atoms with E-state index in [0.717, 1.165) is 22.4 Å². The van der Waals surface area contributed by atoms with Crippen molar-refractivity contribution < 1.29 is 14.3 Å². The number of carbonyl (C=O) groups is 2. The molecule has 3 rings (SSSR count). The number of anilines is 1. The largest absolute Gasteiger partial charge is 0.496 e. The molecule has 0 unspecified atom stereocenters. The maximum atomic E-state index is 12.3. The zero-order chi connectivity index (χ0) is 21.9. The second-order valence-corrected chi connectivity index (χ2v) is 7.08. The van der Waals surface area contributed by atoms with E-state index in [1.54, 1.807) is 7.11 Å². The second kappa shape index (κ2) is 11.4. The lowest BCUT2D eigenvalue weighted by molar-refractivity contribution is -0.116. The van der Waals surface area contributed by atoms with E-state index in [1.807, 2.05) is 66.7 Å². The highest BCUT2D eigenvalue weighted by Gasteiger charge is 2.09. The van der Waals surface area contributed by atoms with Gasteiger partial charge in [0.15, 0.2) is 0 Å². The summed E-state index contributed by atoms with van der Waals surface area (Å²) in [4.78, 5) is 24.2. The minimum atomic E-state index is -0.300. The average Bonchev–Trinajstić information content (AvgIpc) is 2.79. The summed E-state index contributed by atoms with van der Waals surface area (Å²) in [6, 6.07) is 25.0. The number of urea groups is 1. The van der Waals surface area contributed by atoms with Crippen molar-refractivity contribution in [2.75, 3.05) is 19.0 Å². The van der Waals surface area contributed by atoms with Gasteiger partial charge in [-0.2, -0.15) is 0 Å². The summed E-state index contributed by atoms with van der Waals surface area (Å²) < 4.78 is 5.46. The molecule has 0 atom stereocenters. The summed E-state index contributed by atoms with van der Waals surface area (Å²) >= 11 is 0. The lowest BCUT2D eigenvalue weighted by Crippen LogP contribution is -2.36.